The zero-order valence-electron chi connectivity index (χ0n) is 10.1. The molecular formula is C11H24N2O. The van der Waals surface area contributed by atoms with Crippen LogP contribution < -0.4 is 5.73 Å². The molecule has 84 valence electrons. The van der Waals surface area contributed by atoms with Gasteiger partial charge in [0.1, 0.15) is 0 Å². The second-order valence-electron chi connectivity index (χ2n) is 4.44. The maximum Gasteiger partial charge on any atom is 0.239 e. The Kier molecular flexibility index (Phi) is 5.77. The minimum absolute atomic E-state index is 0.0562. The molecule has 0 saturated carbocycles. The van der Waals surface area contributed by atoms with Crippen molar-refractivity contribution in [1.29, 1.82) is 0 Å². The highest BCUT2D eigenvalue weighted by Gasteiger charge is 2.20. The van der Waals surface area contributed by atoms with Crippen LogP contribution in [0.4, 0.5) is 0 Å². The summed E-state index contributed by atoms with van der Waals surface area (Å²) in [6.45, 7) is 8.33. The van der Waals surface area contributed by atoms with Gasteiger partial charge in [0.15, 0.2) is 0 Å². The number of nitrogens with two attached hydrogens (primary N) is 1. The van der Waals surface area contributed by atoms with Crippen molar-refractivity contribution in [3.63, 3.8) is 0 Å². The minimum Gasteiger partial charge on any atom is -0.342 e. The fourth-order valence-corrected chi connectivity index (χ4v) is 1.49. The van der Waals surface area contributed by atoms with Crippen LogP contribution in [0.15, 0.2) is 0 Å². The van der Waals surface area contributed by atoms with Gasteiger partial charge in [-0.1, -0.05) is 20.8 Å². The van der Waals surface area contributed by atoms with Gasteiger partial charge < -0.3 is 10.6 Å². The van der Waals surface area contributed by atoms with Crippen LogP contribution in [0, 0.1) is 5.92 Å². The van der Waals surface area contributed by atoms with Crippen molar-refractivity contribution < 1.29 is 4.79 Å². The number of nitrogens with zero attached hydrogens (tertiary/aromatic N) is 1. The second-order valence-corrected chi connectivity index (χ2v) is 4.44. The zero-order valence-corrected chi connectivity index (χ0v) is 10.1. The predicted molar refractivity (Wildman–Crippen MR) is 60.0 cm³/mol. The van der Waals surface area contributed by atoms with Crippen LogP contribution in [0.25, 0.3) is 0 Å². The molecule has 0 aliphatic carbocycles. The number of hydrogen-bond donors (Lipinski definition) is 1. The number of carbonyl (C=O) groups is 1. The highest BCUT2D eigenvalue weighted by molar-refractivity contribution is 5.81. The van der Waals surface area contributed by atoms with Crippen molar-refractivity contribution in [3.8, 4) is 0 Å². The molecule has 0 aromatic rings. The van der Waals surface area contributed by atoms with Gasteiger partial charge in [-0.25, -0.2) is 0 Å². The summed E-state index contributed by atoms with van der Waals surface area (Å²) < 4.78 is 0. The third kappa shape index (κ3) is 4.09. The number of hydrogen-bond acceptors (Lipinski definition) is 2. The van der Waals surface area contributed by atoms with E-state index in [1.165, 1.54) is 0 Å². The van der Waals surface area contributed by atoms with Crippen LogP contribution in [0.5, 0.6) is 0 Å². The van der Waals surface area contributed by atoms with Gasteiger partial charge in [-0.15, -0.1) is 0 Å². The van der Waals surface area contributed by atoms with Gasteiger partial charge in [-0.3, -0.25) is 4.79 Å². The second kappa shape index (κ2) is 6.02. The molecule has 0 rings (SSSR count). The van der Waals surface area contributed by atoms with Crippen LogP contribution in [-0.4, -0.2) is 29.9 Å². The van der Waals surface area contributed by atoms with Crippen molar-refractivity contribution in [2.24, 2.45) is 11.7 Å². The third-order valence-corrected chi connectivity index (χ3v) is 2.58. The topological polar surface area (TPSA) is 46.3 Å². The molecule has 0 radical (unpaired) electrons. The average molecular weight is 200 g/mol. The van der Waals surface area contributed by atoms with E-state index >= 15 is 0 Å². The van der Waals surface area contributed by atoms with E-state index in [1.807, 2.05) is 14.0 Å². The Hall–Kier alpha value is -0.570. The lowest BCUT2D eigenvalue weighted by Crippen LogP contribution is -2.45. The van der Waals surface area contributed by atoms with E-state index in [-0.39, 0.29) is 18.0 Å². The van der Waals surface area contributed by atoms with Gasteiger partial charge in [-0.05, 0) is 25.7 Å². The number of likely N-dealkylation sites (N-methyl/N-ethyl adjacent to an activating group) is 1. The Bertz CT molecular complexity index is 180. The summed E-state index contributed by atoms with van der Waals surface area (Å²) in [6.07, 6.45) is 1.73. The zero-order chi connectivity index (χ0) is 11.3. The normalized spacial score (nSPS) is 15.4. The fourth-order valence-electron chi connectivity index (χ4n) is 1.49. The van der Waals surface area contributed by atoms with Crippen LogP contribution >= 0.6 is 0 Å². The first-order valence-electron chi connectivity index (χ1n) is 5.42. The molecule has 3 heteroatoms. The molecule has 14 heavy (non-hydrogen) atoms. The highest BCUT2D eigenvalue weighted by Crippen LogP contribution is 2.10. The first-order chi connectivity index (χ1) is 6.40. The first kappa shape index (κ1) is 13.4. The summed E-state index contributed by atoms with van der Waals surface area (Å²) >= 11 is 0. The molecule has 2 atom stereocenters. The maximum absolute atomic E-state index is 11.7. The Balaban J connectivity index is 4.16. The molecule has 1 amide bonds. The Morgan fingerprint density at radius 3 is 2.21 bits per heavy atom. The van der Waals surface area contributed by atoms with Crippen molar-refractivity contribution in [3.05, 3.63) is 0 Å². The molecule has 0 fully saturated rings. The van der Waals surface area contributed by atoms with Crippen molar-refractivity contribution in [2.45, 2.75) is 52.6 Å². The summed E-state index contributed by atoms with van der Waals surface area (Å²) in [5.74, 6) is 0.666. The first-order valence-corrected chi connectivity index (χ1v) is 5.42. The summed E-state index contributed by atoms with van der Waals surface area (Å²) in [5, 5.41) is 0. The molecular weight excluding hydrogens is 176 g/mol. The van der Waals surface area contributed by atoms with Gasteiger partial charge in [0, 0.05) is 13.1 Å². The van der Waals surface area contributed by atoms with Gasteiger partial charge in [0.2, 0.25) is 5.91 Å². The Morgan fingerprint density at radius 2 is 1.86 bits per heavy atom. The lowest BCUT2D eigenvalue weighted by Gasteiger charge is -2.28. The van der Waals surface area contributed by atoms with Crippen LogP contribution in [-0.2, 0) is 4.79 Å². The molecule has 0 bridgehead atoms. The molecule has 0 aromatic carbocycles. The Morgan fingerprint density at radius 1 is 1.36 bits per heavy atom. The van der Waals surface area contributed by atoms with E-state index < -0.39 is 0 Å². The van der Waals surface area contributed by atoms with Gasteiger partial charge >= 0.3 is 0 Å². The lowest BCUT2D eigenvalue weighted by molar-refractivity contribution is -0.133. The summed E-state index contributed by atoms with van der Waals surface area (Å²) in [7, 11) is 1.84. The maximum atomic E-state index is 11.7. The molecule has 3 nitrogen and oxygen atoms in total. The van der Waals surface area contributed by atoms with Crippen LogP contribution in [0.2, 0.25) is 0 Å². The quantitative estimate of drug-likeness (QED) is 0.733. The monoisotopic (exact) mass is 200 g/mol. The van der Waals surface area contributed by atoms with E-state index in [9.17, 15) is 4.79 Å². The highest BCUT2D eigenvalue weighted by atomic mass is 16.2. The molecule has 1 unspecified atom stereocenters. The molecule has 0 spiro atoms. The average Bonchev–Trinajstić information content (AvgIpc) is 2.13. The van der Waals surface area contributed by atoms with E-state index in [2.05, 4.69) is 20.8 Å². The van der Waals surface area contributed by atoms with Crippen molar-refractivity contribution in [1.82, 2.24) is 4.90 Å². The van der Waals surface area contributed by atoms with Crippen molar-refractivity contribution >= 4 is 5.91 Å². The lowest BCUT2D eigenvalue weighted by atomic mass is 10.0. The minimum atomic E-state index is -0.338. The van der Waals surface area contributed by atoms with E-state index in [1.54, 1.807) is 4.90 Å². The smallest absolute Gasteiger partial charge is 0.239 e. The van der Waals surface area contributed by atoms with Gasteiger partial charge in [-0.2, -0.15) is 0 Å². The molecule has 0 saturated heterocycles. The summed E-state index contributed by atoms with van der Waals surface area (Å²) in [6, 6.07) is -0.0605. The van der Waals surface area contributed by atoms with Gasteiger partial charge in [0.05, 0.1) is 6.04 Å². The molecule has 0 heterocycles. The van der Waals surface area contributed by atoms with E-state index in [4.69, 9.17) is 5.73 Å². The molecule has 0 aromatic heterocycles. The molecule has 0 aliphatic rings. The number of rotatable bonds is 5. The number of amides is 1. The SMILES string of the molecule is CC[C@H](N)C(=O)N(C)C(C)CC(C)C. The van der Waals surface area contributed by atoms with Crippen LogP contribution in [0.3, 0.4) is 0 Å². The molecule has 0 aliphatic heterocycles. The third-order valence-electron chi connectivity index (χ3n) is 2.58. The molecule has 2 N–H and O–H groups in total. The fraction of sp³-hybridized carbons (Fsp3) is 0.909. The standard InChI is InChI=1S/C11H24N2O/c1-6-10(12)11(14)13(5)9(4)7-8(2)3/h8-10H,6-7,12H2,1-5H3/t9?,10-/m0/s1. The van der Waals surface area contributed by atoms with Crippen LogP contribution in [0.1, 0.15) is 40.5 Å². The van der Waals surface area contributed by atoms with E-state index in [0.29, 0.717) is 12.3 Å². The predicted octanol–water partition coefficient (Wildman–Crippen LogP) is 1.62. The summed E-state index contributed by atoms with van der Waals surface area (Å²) in [4.78, 5) is 13.5. The summed E-state index contributed by atoms with van der Waals surface area (Å²) in [5.41, 5.74) is 5.69. The Labute approximate surface area is 87.6 Å². The largest absolute Gasteiger partial charge is 0.342 e. The number of carbonyl (C=O) groups excluding carboxylic acids is 1. The van der Waals surface area contributed by atoms with E-state index in [0.717, 1.165) is 6.42 Å². The van der Waals surface area contributed by atoms with Crippen molar-refractivity contribution in [2.75, 3.05) is 7.05 Å². The van der Waals surface area contributed by atoms with Gasteiger partial charge in [0.25, 0.3) is 0 Å².